The number of nitrogens with two attached hydrogens (primary N) is 2. The van der Waals surface area contributed by atoms with Gasteiger partial charge < -0.3 is 11.5 Å². The van der Waals surface area contributed by atoms with Gasteiger partial charge in [0.25, 0.3) is 5.91 Å². The van der Waals surface area contributed by atoms with Crippen LogP contribution in [0.5, 0.6) is 0 Å². The summed E-state index contributed by atoms with van der Waals surface area (Å²) in [6.07, 6.45) is 1.61. The number of pyridine rings is 1. The van der Waals surface area contributed by atoms with Crippen molar-refractivity contribution in [3.05, 3.63) is 51.8 Å². The maximum Gasteiger partial charge on any atom is 0.269 e. The van der Waals surface area contributed by atoms with E-state index < -0.39 is 0 Å². The molecule has 3 heterocycles. The number of hydrogen-bond acceptors (Lipinski definition) is 8. The van der Waals surface area contributed by atoms with Gasteiger partial charge in [-0.1, -0.05) is 38.1 Å². The van der Waals surface area contributed by atoms with Gasteiger partial charge in [-0.25, -0.2) is 9.97 Å². The number of fused-ring (bicyclic) bond motifs is 1. The van der Waals surface area contributed by atoms with Crippen LogP contribution in [0.25, 0.3) is 21.3 Å². The molecular formula is C21H18N6OS2. The van der Waals surface area contributed by atoms with Crippen LogP contribution >= 0.6 is 22.7 Å². The quantitative estimate of drug-likeness (QED) is 0.421. The monoisotopic (exact) mass is 434 g/mol. The normalized spacial score (nSPS) is 11.0. The molecule has 0 aliphatic rings. The van der Waals surface area contributed by atoms with Gasteiger partial charge in [0.15, 0.2) is 5.13 Å². The van der Waals surface area contributed by atoms with Gasteiger partial charge in [-0.3, -0.25) is 10.1 Å². The lowest BCUT2D eigenvalue weighted by Crippen LogP contribution is -2.11. The molecule has 0 saturated carbocycles. The van der Waals surface area contributed by atoms with E-state index >= 15 is 0 Å². The van der Waals surface area contributed by atoms with Crippen LogP contribution in [-0.2, 0) is 0 Å². The van der Waals surface area contributed by atoms with Crippen LogP contribution in [0.3, 0.4) is 0 Å². The van der Waals surface area contributed by atoms with E-state index in [2.05, 4.69) is 35.2 Å². The van der Waals surface area contributed by atoms with Crippen molar-refractivity contribution in [1.29, 1.82) is 5.26 Å². The number of benzene rings is 1. The number of thiazole rings is 1. The van der Waals surface area contributed by atoms with Crippen LogP contribution in [0.4, 0.5) is 16.6 Å². The number of nitriles is 1. The molecule has 4 rings (SSSR count). The molecule has 0 aliphatic heterocycles. The number of nitrogens with one attached hydrogen (secondary N) is 1. The number of rotatable bonds is 4. The summed E-state index contributed by atoms with van der Waals surface area (Å²) < 4.78 is 0. The number of nitrogens with zero attached hydrogens (tertiary/aromatic N) is 3. The van der Waals surface area contributed by atoms with Gasteiger partial charge in [0, 0.05) is 22.5 Å². The zero-order chi connectivity index (χ0) is 21.4. The highest BCUT2D eigenvalue weighted by Crippen LogP contribution is 2.43. The minimum absolute atomic E-state index is 0.112. The minimum Gasteiger partial charge on any atom is -0.397 e. The first-order valence-corrected chi connectivity index (χ1v) is 10.8. The molecule has 3 aromatic heterocycles. The Morgan fingerprint density at radius 2 is 1.97 bits per heavy atom. The zero-order valence-corrected chi connectivity index (χ0v) is 17.9. The van der Waals surface area contributed by atoms with E-state index in [4.69, 9.17) is 11.5 Å². The topological polar surface area (TPSA) is 131 Å². The van der Waals surface area contributed by atoms with Crippen LogP contribution < -0.4 is 16.8 Å². The summed E-state index contributed by atoms with van der Waals surface area (Å²) in [5.74, 6) is 0.120. The van der Waals surface area contributed by atoms with Gasteiger partial charge in [0.05, 0.1) is 5.69 Å². The molecule has 5 N–H and O–H groups in total. The molecule has 9 heteroatoms. The van der Waals surface area contributed by atoms with Crippen molar-refractivity contribution in [3.63, 3.8) is 0 Å². The van der Waals surface area contributed by atoms with Gasteiger partial charge in [-0.05, 0) is 17.0 Å². The summed E-state index contributed by atoms with van der Waals surface area (Å²) in [6, 6.07) is 10.1. The zero-order valence-electron chi connectivity index (χ0n) is 16.3. The van der Waals surface area contributed by atoms with Gasteiger partial charge in [-0.2, -0.15) is 5.26 Å². The molecule has 0 radical (unpaired) electrons. The van der Waals surface area contributed by atoms with Gasteiger partial charge in [-0.15, -0.1) is 22.7 Å². The lowest BCUT2D eigenvalue weighted by atomic mass is 9.94. The summed E-state index contributed by atoms with van der Waals surface area (Å²) in [6.45, 7) is 4.23. The van der Waals surface area contributed by atoms with E-state index in [0.29, 0.717) is 31.7 Å². The Kier molecular flexibility index (Phi) is 5.11. The first kappa shape index (κ1) is 19.8. The molecule has 0 aliphatic carbocycles. The van der Waals surface area contributed by atoms with Crippen molar-refractivity contribution in [2.75, 3.05) is 16.8 Å². The Balaban J connectivity index is 1.91. The lowest BCUT2D eigenvalue weighted by Gasteiger charge is -2.11. The Bertz CT molecular complexity index is 1280. The number of carbonyl (C=O) groups is 1. The van der Waals surface area contributed by atoms with Crippen LogP contribution in [-0.4, -0.2) is 15.9 Å². The maximum atomic E-state index is 12.8. The number of hydrogen-bond donors (Lipinski definition) is 3. The fourth-order valence-electron chi connectivity index (χ4n) is 3.21. The molecular weight excluding hydrogens is 416 g/mol. The molecule has 0 bridgehead atoms. The Morgan fingerprint density at radius 3 is 2.57 bits per heavy atom. The molecule has 0 saturated heterocycles. The molecule has 150 valence electrons. The van der Waals surface area contributed by atoms with Crippen LogP contribution in [0.2, 0.25) is 0 Å². The first-order chi connectivity index (χ1) is 14.4. The number of amides is 1. The largest absolute Gasteiger partial charge is 0.397 e. The van der Waals surface area contributed by atoms with Crippen LogP contribution in [0.15, 0.2) is 35.8 Å². The number of aromatic nitrogens is 2. The molecule has 7 nitrogen and oxygen atoms in total. The highest BCUT2D eigenvalue weighted by molar-refractivity contribution is 7.21. The fourth-order valence-corrected chi connectivity index (χ4v) is 4.75. The fraction of sp³-hybridized carbons (Fsp3) is 0.143. The predicted octanol–water partition coefficient (Wildman–Crippen LogP) is 4.83. The smallest absolute Gasteiger partial charge is 0.269 e. The third-order valence-electron chi connectivity index (χ3n) is 4.74. The van der Waals surface area contributed by atoms with Crippen molar-refractivity contribution in [2.45, 2.75) is 19.8 Å². The van der Waals surface area contributed by atoms with Crippen molar-refractivity contribution >= 4 is 55.4 Å². The number of carbonyl (C=O) groups excluding carboxylic acids is 1. The first-order valence-electron chi connectivity index (χ1n) is 9.13. The maximum absolute atomic E-state index is 12.8. The molecule has 4 aromatic rings. The van der Waals surface area contributed by atoms with E-state index in [0.717, 1.165) is 16.9 Å². The third kappa shape index (κ3) is 3.36. The van der Waals surface area contributed by atoms with Crippen LogP contribution in [0, 0.1) is 11.3 Å². The Hall–Kier alpha value is -3.48. The van der Waals surface area contributed by atoms with Crippen molar-refractivity contribution in [1.82, 2.24) is 9.97 Å². The predicted molar refractivity (Wildman–Crippen MR) is 123 cm³/mol. The standard InChI is InChI=1S/C21H18N6OS2/c1-10(2)11-3-5-12(6-4-11)14-13(9-22)18(24)26-20-15(14)16(23)17(30-20)19(28)27-21-25-7-8-29-21/h3-8,10H,23H2,1-2H3,(H2,24,26)(H,25,27,28). The van der Waals surface area contributed by atoms with Crippen molar-refractivity contribution in [3.8, 4) is 17.2 Å². The number of anilines is 3. The van der Waals surface area contributed by atoms with Gasteiger partial charge in [0.1, 0.15) is 27.2 Å². The highest BCUT2D eigenvalue weighted by Gasteiger charge is 2.24. The van der Waals surface area contributed by atoms with E-state index in [1.807, 2.05) is 24.3 Å². The van der Waals surface area contributed by atoms with E-state index in [9.17, 15) is 10.1 Å². The molecule has 30 heavy (non-hydrogen) atoms. The minimum atomic E-state index is -0.372. The molecule has 0 fully saturated rings. The Morgan fingerprint density at radius 1 is 1.23 bits per heavy atom. The van der Waals surface area contributed by atoms with Crippen LogP contribution in [0.1, 0.15) is 40.6 Å². The summed E-state index contributed by atoms with van der Waals surface area (Å²) in [5.41, 5.74) is 15.6. The number of thiophene rings is 1. The van der Waals surface area contributed by atoms with E-state index in [-0.39, 0.29) is 23.0 Å². The summed E-state index contributed by atoms with van der Waals surface area (Å²) in [5, 5.41) is 15.3. The van der Waals surface area contributed by atoms with Gasteiger partial charge >= 0.3 is 0 Å². The van der Waals surface area contributed by atoms with Crippen molar-refractivity contribution in [2.24, 2.45) is 0 Å². The van der Waals surface area contributed by atoms with Crippen molar-refractivity contribution < 1.29 is 4.79 Å². The SMILES string of the molecule is CC(C)c1ccc(-c2c(C#N)c(N)nc3sc(C(=O)Nc4nccs4)c(N)c23)cc1. The molecule has 0 atom stereocenters. The Labute approximate surface area is 181 Å². The van der Waals surface area contributed by atoms with E-state index in [1.54, 1.807) is 11.6 Å². The molecule has 0 spiro atoms. The lowest BCUT2D eigenvalue weighted by molar-refractivity contribution is 0.103. The second kappa shape index (κ2) is 7.74. The third-order valence-corrected chi connectivity index (χ3v) is 6.53. The summed E-state index contributed by atoms with van der Waals surface area (Å²) in [4.78, 5) is 22.0. The molecule has 0 unspecified atom stereocenters. The second-order valence-electron chi connectivity index (χ2n) is 6.95. The van der Waals surface area contributed by atoms with E-state index in [1.165, 1.54) is 16.9 Å². The average molecular weight is 435 g/mol. The highest BCUT2D eigenvalue weighted by atomic mass is 32.1. The second-order valence-corrected chi connectivity index (χ2v) is 8.85. The summed E-state index contributed by atoms with van der Waals surface area (Å²) >= 11 is 2.46. The number of nitrogen functional groups attached to an aromatic ring is 2. The summed E-state index contributed by atoms with van der Waals surface area (Å²) in [7, 11) is 0. The molecule has 1 aromatic carbocycles. The van der Waals surface area contributed by atoms with Gasteiger partial charge in [0.2, 0.25) is 0 Å². The average Bonchev–Trinajstić information content (AvgIpc) is 3.35. The molecule has 1 amide bonds.